The van der Waals surface area contributed by atoms with Gasteiger partial charge < -0.3 is 0 Å². The van der Waals surface area contributed by atoms with E-state index in [1.165, 1.54) is 4.31 Å². The second-order valence-electron chi connectivity index (χ2n) is 3.67. The maximum Gasteiger partial charge on any atom is 0.279 e. The van der Waals surface area contributed by atoms with Crippen LogP contribution < -0.4 is 4.72 Å². The summed E-state index contributed by atoms with van der Waals surface area (Å²) in [6.45, 7) is 1.46. The Morgan fingerprint density at radius 3 is 2.44 bits per heavy atom. The zero-order chi connectivity index (χ0) is 11.9. The Hall–Kier alpha value is -0.820. The van der Waals surface area contributed by atoms with Crippen molar-refractivity contribution in [2.75, 3.05) is 26.2 Å². The Labute approximate surface area is 95.6 Å². The predicted octanol–water partition coefficient (Wildman–Crippen LogP) is 1.01. The van der Waals surface area contributed by atoms with Crippen LogP contribution in [-0.2, 0) is 10.2 Å². The quantitative estimate of drug-likeness (QED) is 0.339. The highest BCUT2D eigenvalue weighted by Gasteiger charge is 2.21. The molecule has 1 aliphatic heterocycles. The van der Waals surface area contributed by atoms with Crippen LogP contribution in [0, 0.1) is 0 Å². The number of hydrogen-bond acceptors (Lipinski definition) is 3. The van der Waals surface area contributed by atoms with Gasteiger partial charge >= 0.3 is 0 Å². The van der Waals surface area contributed by atoms with Crippen molar-refractivity contribution in [2.24, 2.45) is 5.11 Å². The van der Waals surface area contributed by atoms with Gasteiger partial charge in [0.15, 0.2) is 0 Å². The summed E-state index contributed by atoms with van der Waals surface area (Å²) in [5.74, 6) is 0. The van der Waals surface area contributed by atoms with Crippen molar-refractivity contribution < 1.29 is 8.42 Å². The maximum absolute atomic E-state index is 11.8. The van der Waals surface area contributed by atoms with Crippen LogP contribution in [0.1, 0.15) is 25.7 Å². The first-order chi connectivity index (χ1) is 7.67. The molecule has 0 atom stereocenters. The van der Waals surface area contributed by atoms with E-state index >= 15 is 0 Å². The van der Waals surface area contributed by atoms with E-state index in [-0.39, 0.29) is 13.1 Å². The zero-order valence-corrected chi connectivity index (χ0v) is 9.99. The lowest BCUT2D eigenvalue weighted by molar-refractivity contribution is 0.415. The molecule has 1 rings (SSSR count). The smallest absolute Gasteiger partial charge is 0.202 e. The largest absolute Gasteiger partial charge is 0.279 e. The number of hydrogen-bond donors (Lipinski definition) is 1. The zero-order valence-electron chi connectivity index (χ0n) is 9.17. The van der Waals surface area contributed by atoms with Crippen molar-refractivity contribution in [1.29, 1.82) is 0 Å². The van der Waals surface area contributed by atoms with Crippen LogP contribution in [0.15, 0.2) is 5.11 Å². The molecule has 8 heteroatoms. The highest BCUT2D eigenvalue weighted by molar-refractivity contribution is 7.87. The Balaban J connectivity index is 2.44. The first kappa shape index (κ1) is 13.2. The van der Waals surface area contributed by atoms with Crippen LogP contribution >= 0.6 is 0 Å². The third kappa shape index (κ3) is 4.36. The van der Waals surface area contributed by atoms with E-state index in [4.69, 9.17) is 5.53 Å². The molecule has 1 aliphatic rings. The van der Waals surface area contributed by atoms with Crippen LogP contribution in [0.4, 0.5) is 0 Å². The topological polar surface area (TPSA) is 98.2 Å². The van der Waals surface area contributed by atoms with Crippen LogP contribution in [-0.4, -0.2) is 38.9 Å². The van der Waals surface area contributed by atoms with Crippen LogP contribution in [0.3, 0.4) is 0 Å². The van der Waals surface area contributed by atoms with E-state index in [9.17, 15) is 8.42 Å². The van der Waals surface area contributed by atoms with Gasteiger partial charge in [-0.2, -0.15) is 12.7 Å². The lowest BCUT2D eigenvalue weighted by Crippen LogP contribution is -2.42. The molecular formula is C8H17N5O2S. The molecule has 0 radical (unpaired) electrons. The van der Waals surface area contributed by atoms with E-state index in [1.807, 2.05) is 0 Å². The van der Waals surface area contributed by atoms with Crippen molar-refractivity contribution in [3.05, 3.63) is 10.4 Å². The Kier molecular flexibility index (Phi) is 5.54. The van der Waals surface area contributed by atoms with Crippen molar-refractivity contribution in [2.45, 2.75) is 25.7 Å². The molecule has 0 bridgehead atoms. The number of azide groups is 1. The molecule has 16 heavy (non-hydrogen) atoms. The molecule has 1 fully saturated rings. The first-order valence-corrected chi connectivity index (χ1v) is 6.86. The fourth-order valence-electron chi connectivity index (χ4n) is 1.64. The number of nitrogens with one attached hydrogen (secondary N) is 1. The first-order valence-electron chi connectivity index (χ1n) is 5.42. The Bertz CT molecular complexity index is 341. The Morgan fingerprint density at radius 1 is 1.25 bits per heavy atom. The summed E-state index contributed by atoms with van der Waals surface area (Å²) in [5.41, 5.74) is 8.05. The lowest BCUT2D eigenvalue weighted by atomic mass is 10.2. The third-order valence-corrected chi connectivity index (χ3v) is 4.08. The van der Waals surface area contributed by atoms with Gasteiger partial charge in [-0.15, -0.1) is 0 Å². The monoisotopic (exact) mass is 247 g/mol. The van der Waals surface area contributed by atoms with Crippen molar-refractivity contribution in [1.82, 2.24) is 9.03 Å². The molecule has 0 aromatic rings. The van der Waals surface area contributed by atoms with E-state index < -0.39 is 10.2 Å². The van der Waals surface area contributed by atoms with Crippen molar-refractivity contribution in [3.8, 4) is 0 Å². The molecule has 1 saturated heterocycles. The van der Waals surface area contributed by atoms with E-state index in [0.29, 0.717) is 13.1 Å². The summed E-state index contributed by atoms with van der Waals surface area (Å²) < 4.78 is 27.5. The van der Waals surface area contributed by atoms with Gasteiger partial charge in [0.1, 0.15) is 0 Å². The average molecular weight is 247 g/mol. The Morgan fingerprint density at radius 2 is 1.88 bits per heavy atom. The second kappa shape index (κ2) is 6.70. The molecule has 1 heterocycles. The van der Waals surface area contributed by atoms with Crippen LogP contribution in [0.5, 0.6) is 0 Å². The summed E-state index contributed by atoms with van der Waals surface area (Å²) in [7, 11) is -3.39. The second-order valence-corrected chi connectivity index (χ2v) is 5.42. The fourth-order valence-corrected chi connectivity index (χ4v) is 2.91. The third-order valence-electron chi connectivity index (χ3n) is 2.46. The van der Waals surface area contributed by atoms with E-state index in [0.717, 1.165) is 25.7 Å². The standard InChI is InChI=1S/C8H17N5O2S/c9-12-10-5-6-11-16(14,15)13-7-3-1-2-4-8-13/h11H,1-8H2. The summed E-state index contributed by atoms with van der Waals surface area (Å²) >= 11 is 0. The normalized spacial score (nSPS) is 18.8. The number of nitrogens with zero attached hydrogens (tertiary/aromatic N) is 4. The van der Waals surface area contributed by atoms with Crippen molar-refractivity contribution >= 4 is 10.2 Å². The van der Waals surface area contributed by atoms with Gasteiger partial charge in [0.05, 0.1) is 0 Å². The van der Waals surface area contributed by atoms with Gasteiger partial charge in [0.2, 0.25) is 0 Å². The van der Waals surface area contributed by atoms with Crippen molar-refractivity contribution in [3.63, 3.8) is 0 Å². The molecule has 0 unspecified atom stereocenters. The minimum atomic E-state index is -3.39. The van der Waals surface area contributed by atoms with Crippen LogP contribution in [0.25, 0.3) is 10.4 Å². The molecule has 7 nitrogen and oxygen atoms in total. The highest BCUT2D eigenvalue weighted by Crippen LogP contribution is 2.11. The summed E-state index contributed by atoms with van der Waals surface area (Å²) in [5, 5.41) is 3.27. The summed E-state index contributed by atoms with van der Waals surface area (Å²) in [6.07, 6.45) is 4.00. The summed E-state index contributed by atoms with van der Waals surface area (Å²) in [4.78, 5) is 2.56. The fraction of sp³-hybridized carbons (Fsp3) is 1.00. The van der Waals surface area contributed by atoms with E-state index in [1.54, 1.807) is 0 Å². The van der Waals surface area contributed by atoms with Gasteiger partial charge in [0, 0.05) is 31.1 Å². The lowest BCUT2D eigenvalue weighted by Gasteiger charge is -2.19. The summed E-state index contributed by atoms with van der Waals surface area (Å²) in [6, 6.07) is 0. The average Bonchev–Trinajstić information content (AvgIpc) is 2.53. The highest BCUT2D eigenvalue weighted by atomic mass is 32.2. The van der Waals surface area contributed by atoms with Gasteiger partial charge in [-0.25, -0.2) is 4.72 Å². The minimum absolute atomic E-state index is 0.142. The van der Waals surface area contributed by atoms with E-state index in [2.05, 4.69) is 14.7 Å². The van der Waals surface area contributed by atoms with Gasteiger partial charge in [-0.05, 0) is 18.4 Å². The molecule has 0 aromatic heterocycles. The van der Waals surface area contributed by atoms with Gasteiger partial charge in [0.25, 0.3) is 10.2 Å². The number of rotatable bonds is 5. The maximum atomic E-state index is 11.8. The van der Waals surface area contributed by atoms with Gasteiger partial charge in [-0.3, -0.25) is 0 Å². The van der Waals surface area contributed by atoms with Crippen LogP contribution in [0.2, 0.25) is 0 Å². The molecule has 0 amide bonds. The molecule has 0 aromatic carbocycles. The molecule has 0 saturated carbocycles. The molecular weight excluding hydrogens is 230 g/mol. The molecule has 0 spiro atoms. The molecule has 92 valence electrons. The molecule has 1 N–H and O–H groups in total. The molecule has 0 aliphatic carbocycles. The van der Waals surface area contributed by atoms with Gasteiger partial charge in [-0.1, -0.05) is 18.0 Å². The SMILES string of the molecule is [N-]=[N+]=NCCNS(=O)(=O)N1CCCCCC1. The minimum Gasteiger partial charge on any atom is -0.202 e. The predicted molar refractivity (Wildman–Crippen MR) is 61.0 cm³/mol.